The summed E-state index contributed by atoms with van der Waals surface area (Å²) < 4.78 is 7.55. The summed E-state index contributed by atoms with van der Waals surface area (Å²) in [5.74, 6) is 0.537. The van der Waals surface area contributed by atoms with E-state index in [1.54, 1.807) is 12.4 Å². The van der Waals surface area contributed by atoms with Crippen molar-refractivity contribution < 1.29 is 9.53 Å². The van der Waals surface area contributed by atoms with Gasteiger partial charge >= 0.3 is 5.97 Å². The van der Waals surface area contributed by atoms with Crippen LogP contribution in [-0.2, 0) is 16.1 Å². The number of halogens is 1. The molecule has 0 aliphatic heterocycles. The Hall–Kier alpha value is -2.13. The van der Waals surface area contributed by atoms with Gasteiger partial charge in [-0.3, -0.25) is 9.78 Å². The maximum Gasteiger partial charge on any atom is 0.316 e. The van der Waals surface area contributed by atoms with Gasteiger partial charge < -0.3 is 14.5 Å². The Kier molecular flexibility index (Phi) is 5.31. The van der Waals surface area contributed by atoms with Gasteiger partial charge in [-0.2, -0.15) is 0 Å². The Bertz CT molecular complexity index is 870. The summed E-state index contributed by atoms with van der Waals surface area (Å²) in [7, 11) is 1.36. The van der Waals surface area contributed by atoms with E-state index in [-0.39, 0.29) is 11.7 Å². The number of imidazole rings is 1. The van der Waals surface area contributed by atoms with E-state index < -0.39 is 0 Å². The smallest absolute Gasteiger partial charge is 0.316 e. The number of hydrogen-bond acceptors (Lipinski definition) is 7. The molecule has 7 nitrogen and oxygen atoms in total. The molecule has 3 aromatic heterocycles. The normalized spacial score (nSPS) is 10.8. The highest BCUT2D eigenvalue weighted by Gasteiger charge is 2.06. The van der Waals surface area contributed by atoms with Crippen molar-refractivity contribution in [2.75, 3.05) is 18.2 Å². The number of carbonyl (C=O) groups is 1. The SMILES string of the molecule is COC(=O)CSc1cncc(NCc2cn3cc(Br)ccc3n2)n1. The lowest BCUT2D eigenvalue weighted by Crippen LogP contribution is -2.05. The Balaban J connectivity index is 1.64. The topological polar surface area (TPSA) is 81.4 Å². The lowest BCUT2D eigenvalue weighted by Gasteiger charge is -2.05. The van der Waals surface area contributed by atoms with Crippen LogP contribution in [0.25, 0.3) is 5.65 Å². The number of aromatic nitrogens is 4. The van der Waals surface area contributed by atoms with Crippen molar-refractivity contribution in [2.24, 2.45) is 0 Å². The number of esters is 1. The third kappa shape index (κ3) is 4.24. The zero-order valence-electron chi connectivity index (χ0n) is 12.8. The summed E-state index contributed by atoms with van der Waals surface area (Å²) in [4.78, 5) is 24.2. The maximum absolute atomic E-state index is 11.2. The standard InChI is InChI=1S/C15H14BrN5O2S/c1-23-15(22)9-24-14-6-17-5-12(20-14)18-4-11-8-21-7-10(16)2-3-13(21)19-11/h2-3,5-8H,4,9H2,1H3,(H,18,20). The van der Waals surface area contributed by atoms with E-state index in [0.29, 0.717) is 17.4 Å². The van der Waals surface area contributed by atoms with Gasteiger partial charge in [0, 0.05) is 16.9 Å². The van der Waals surface area contributed by atoms with Crippen molar-refractivity contribution in [2.45, 2.75) is 11.6 Å². The predicted molar refractivity (Wildman–Crippen MR) is 95.0 cm³/mol. The molecule has 0 fully saturated rings. The number of nitrogens with zero attached hydrogens (tertiary/aromatic N) is 4. The van der Waals surface area contributed by atoms with Crippen LogP contribution in [0, 0.1) is 0 Å². The number of rotatable bonds is 6. The summed E-state index contributed by atoms with van der Waals surface area (Å²) in [6.07, 6.45) is 7.15. The summed E-state index contributed by atoms with van der Waals surface area (Å²) in [6, 6.07) is 3.89. The molecule has 0 amide bonds. The van der Waals surface area contributed by atoms with Gasteiger partial charge in [-0.1, -0.05) is 11.8 Å². The van der Waals surface area contributed by atoms with E-state index in [1.165, 1.54) is 18.9 Å². The lowest BCUT2D eigenvalue weighted by atomic mass is 10.4. The highest BCUT2D eigenvalue weighted by molar-refractivity contribution is 9.10. The van der Waals surface area contributed by atoms with Crippen LogP contribution in [0.5, 0.6) is 0 Å². The molecule has 3 aromatic rings. The quantitative estimate of drug-likeness (QED) is 0.496. The summed E-state index contributed by atoms with van der Waals surface area (Å²) in [5.41, 5.74) is 1.77. The molecule has 0 spiro atoms. The minimum Gasteiger partial charge on any atom is -0.468 e. The summed E-state index contributed by atoms with van der Waals surface area (Å²) in [6.45, 7) is 0.527. The summed E-state index contributed by atoms with van der Waals surface area (Å²) in [5, 5.41) is 3.84. The van der Waals surface area contributed by atoms with Crippen LogP contribution in [0.1, 0.15) is 5.69 Å². The number of fused-ring (bicyclic) bond motifs is 1. The van der Waals surface area contributed by atoms with Crippen LogP contribution in [0.4, 0.5) is 5.82 Å². The minimum atomic E-state index is -0.295. The van der Waals surface area contributed by atoms with Crippen LogP contribution < -0.4 is 5.32 Å². The Morgan fingerprint density at radius 2 is 2.21 bits per heavy atom. The van der Waals surface area contributed by atoms with Gasteiger partial charge in [-0.05, 0) is 28.1 Å². The molecule has 0 aliphatic rings. The number of pyridine rings is 1. The number of hydrogen-bond donors (Lipinski definition) is 1. The molecule has 0 unspecified atom stereocenters. The molecule has 0 bridgehead atoms. The second kappa shape index (κ2) is 7.63. The van der Waals surface area contributed by atoms with E-state index in [9.17, 15) is 4.79 Å². The van der Waals surface area contributed by atoms with Gasteiger partial charge in [0.25, 0.3) is 0 Å². The molecular formula is C15H14BrN5O2S. The second-order valence-electron chi connectivity index (χ2n) is 4.81. The molecule has 0 atom stereocenters. The fraction of sp³-hybridized carbons (Fsp3) is 0.200. The molecule has 0 aromatic carbocycles. The number of methoxy groups -OCH3 is 1. The highest BCUT2D eigenvalue weighted by atomic mass is 79.9. The van der Waals surface area contributed by atoms with Gasteiger partial charge in [0.15, 0.2) is 0 Å². The van der Waals surface area contributed by atoms with Crippen LogP contribution in [0.2, 0.25) is 0 Å². The first-order chi connectivity index (χ1) is 11.6. The fourth-order valence-electron chi connectivity index (χ4n) is 1.98. The molecule has 0 radical (unpaired) electrons. The minimum absolute atomic E-state index is 0.204. The molecule has 124 valence electrons. The lowest BCUT2D eigenvalue weighted by molar-refractivity contribution is -0.137. The molecule has 0 saturated carbocycles. The average Bonchev–Trinajstić information content (AvgIpc) is 3.00. The van der Waals surface area contributed by atoms with Gasteiger partial charge in [-0.15, -0.1) is 0 Å². The average molecular weight is 408 g/mol. The molecule has 1 N–H and O–H groups in total. The Morgan fingerprint density at radius 3 is 3.04 bits per heavy atom. The Morgan fingerprint density at radius 1 is 1.33 bits per heavy atom. The first kappa shape index (κ1) is 16.7. The van der Waals surface area contributed by atoms with E-state index in [2.05, 4.69) is 40.9 Å². The van der Waals surface area contributed by atoms with Gasteiger partial charge in [0.05, 0.1) is 37.5 Å². The zero-order chi connectivity index (χ0) is 16.9. The number of nitrogens with one attached hydrogen (secondary N) is 1. The van der Waals surface area contributed by atoms with Crippen molar-refractivity contribution in [1.82, 2.24) is 19.4 Å². The predicted octanol–water partition coefficient (Wildman–Crippen LogP) is 2.76. The van der Waals surface area contributed by atoms with E-state index >= 15 is 0 Å². The molecule has 3 rings (SSSR count). The number of carbonyl (C=O) groups excluding carboxylic acids is 1. The van der Waals surface area contributed by atoms with Crippen molar-refractivity contribution in [3.05, 3.63) is 47.1 Å². The van der Waals surface area contributed by atoms with Crippen molar-refractivity contribution >= 4 is 45.1 Å². The Labute approximate surface area is 151 Å². The molecule has 0 aliphatic carbocycles. The fourth-order valence-corrected chi connectivity index (χ4v) is 3.01. The van der Waals surface area contributed by atoms with Crippen LogP contribution in [-0.4, -0.2) is 38.2 Å². The van der Waals surface area contributed by atoms with E-state index in [1.807, 2.05) is 28.9 Å². The van der Waals surface area contributed by atoms with Crippen LogP contribution in [0.15, 0.2) is 46.4 Å². The van der Waals surface area contributed by atoms with Gasteiger partial charge in [0.2, 0.25) is 0 Å². The van der Waals surface area contributed by atoms with Gasteiger partial charge in [0.1, 0.15) is 16.5 Å². The number of anilines is 1. The third-order valence-corrected chi connectivity index (χ3v) is 4.44. The van der Waals surface area contributed by atoms with Crippen LogP contribution in [0.3, 0.4) is 0 Å². The molecule has 24 heavy (non-hydrogen) atoms. The second-order valence-corrected chi connectivity index (χ2v) is 6.72. The van der Waals surface area contributed by atoms with Crippen molar-refractivity contribution in [3.8, 4) is 0 Å². The van der Waals surface area contributed by atoms with Crippen molar-refractivity contribution in [3.63, 3.8) is 0 Å². The molecule has 3 heterocycles. The molecule has 9 heteroatoms. The number of thioether (sulfide) groups is 1. The van der Waals surface area contributed by atoms with Gasteiger partial charge in [-0.25, -0.2) is 9.97 Å². The van der Waals surface area contributed by atoms with E-state index in [0.717, 1.165) is 15.8 Å². The maximum atomic E-state index is 11.2. The molecule has 0 saturated heterocycles. The molecular weight excluding hydrogens is 394 g/mol. The first-order valence-electron chi connectivity index (χ1n) is 7.03. The largest absolute Gasteiger partial charge is 0.468 e. The van der Waals surface area contributed by atoms with Crippen molar-refractivity contribution in [1.29, 1.82) is 0 Å². The zero-order valence-corrected chi connectivity index (χ0v) is 15.2. The highest BCUT2D eigenvalue weighted by Crippen LogP contribution is 2.17. The first-order valence-corrected chi connectivity index (χ1v) is 8.80. The third-order valence-electron chi connectivity index (χ3n) is 3.09. The van der Waals surface area contributed by atoms with E-state index in [4.69, 9.17) is 0 Å². The van der Waals surface area contributed by atoms with Crippen LogP contribution >= 0.6 is 27.7 Å². The monoisotopic (exact) mass is 407 g/mol. The number of ether oxygens (including phenoxy) is 1. The summed E-state index contributed by atoms with van der Waals surface area (Å²) >= 11 is 4.72.